The number of urea groups is 1. The van der Waals surface area contributed by atoms with Gasteiger partial charge in [-0.3, -0.25) is 9.69 Å². The van der Waals surface area contributed by atoms with Gasteiger partial charge in [-0.05, 0) is 60.5 Å². The van der Waals surface area contributed by atoms with Crippen molar-refractivity contribution in [1.82, 2.24) is 4.90 Å². The molecule has 1 aliphatic heterocycles. The van der Waals surface area contributed by atoms with E-state index in [1.165, 1.54) is 0 Å². The highest BCUT2D eigenvalue weighted by Crippen LogP contribution is 2.24. The number of anilines is 2. The molecule has 6 nitrogen and oxygen atoms in total. The molecular formula is C25H21ClN4O2. The number of hydrogen-bond acceptors (Lipinski definition) is 3. The van der Waals surface area contributed by atoms with Gasteiger partial charge >= 0.3 is 6.03 Å². The number of hydrogen-bond donors (Lipinski definition) is 1. The van der Waals surface area contributed by atoms with E-state index in [1.54, 1.807) is 58.3 Å². The summed E-state index contributed by atoms with van der Waals surface area (Å²) in [4.78, 5) is 29.0. The molecule has 1 aliphatic rings. The highest BCUT2D eigenvalue weighted by Gasteiger charge is 2.26. The molecule has 0 radical (unpaired) electrons. The van der Waals surface area contributed by atoms with E-state index in [0.717, 1.165) is 17.7 Å². The van der Waals surface area contributed by atoms with Crippen LogP contribution in [-0.4, -0.2) is 29.9 Å². The molecule has 0 atom stereocenters. The Labute approximate surface area is 191 Å². The monoisotopic (exact) mass is 444 g/mol. The number of halogens is 1. The lowest BCUT2D eigenvalue weighted by Gasteiger charge is -2.35. The first kappa shape index (κ1) is 21.4. The highest BCUT2D eigenvalue weighted by molar-refractivity contribution is 6.34. The molecule has 0 spiro atoms. The van der Waals surface area contributed by atoms with E-state index < -0.39 is 0 Å². The van der Waals surface area contributed by atoms with Crippen LogP contribution in [0.5, 0.6) is 0 Å². The number of amides is 3. The summed E-state index contributed by atoms with van der Waals surface area (Å²) in [6.45, 7) is 1.81. The van der Waals surface area contributed by atoms with Crippen LogP contribution in [0.3, 0.4) is 0 Å². The lowest BCUT2D eigenvalue weighted by Crippen LogP contribution is -2.49. The maximum Gasteiger partial charge on any atom is 0.324 e. The molecule has 4 rings (SSSR count). The van der Waals surface area contributed by atoms with Crippen LogP contribution in [-0.2, 0) is 6.54 Å². The summed E-state index contributed by atoms with van der Waals surface area (Å²) < 4.78 is 0. The number of nitriles is 1. The molecule has 3 aromatic rings. The Bertz CT molecular complexity index is 1170. The van der Waals surface area contributed by atoms with Crippen molar-refractivity contribution in [3.8, 4) is 6.07 Å². The number of carbonyl (C=O) groups excluding carboxylic acids is 2. The van der Waals surface area contributed by atoms with Gasteiger partial charge in [0.2, 0.25) is 0 Å². The van der Waals surface area contributed by atoms with E-state index in [-0.39, 0.29) is 11.9 Å². The minimum absolute atomic E-state index is 0.0616. The van der Waals surface area contributed by atoms with Gasteiger partial charge in [-0.25, -0.2) is 4.79 Å². The average molecular weight is 445 g/mol. The normalized spacial score (nSPS) is 13.6. The summed E-state index contributed by atoms with van der Waals surface area (Å²) >= 11 is 6.09. The Balaban J connectivity index is 1.42. The molecule has 1 heterocycles. The molecule has 0 aliphatic carbocycles. The molecule has 7 heteroatoms. The fourth-order valence-corrected chi connectivity index (χ4v) is 3.86. The number of nitrogens with zero attached hydrogens (tertiary/aromatic N) is 3. The fraction of sp³-hybridized carbons (Fsp3) is 0.160. The molecule has 3 aromatic carbocycles. The van der Waals surface area contributed by atoms with E-state index in [9.17, 15) is 9.59 Å². The van der Waals surface area contributed by atoms with Crippen LogP contribution in [0.25, 0.3) is 0 Å². The second-order valence-corrected chi connectivity index (χ2v) is 7.91. The van der Waals surface area contributed by atoms with Gasteiger partial charge in [-0.15, -0.1) is 0 Å². The van der Waals surface area contributed by atoms with Gasteiger partial charge < -0.3 is 10.2 Å². The molecule has 1 saturated heterocycles. The number of carbonyl (C=O) groups is 2. The van der Waals surface area contributed by atoms with Gasteiger partial charge in [0.05, 0.1) is 22.2 Å². The molecule has 32 heavy (non-hydrogen) atoms. The van der Waals surface area contributed by atoms with Crippen molar-refractivity contribution in [2.45, 2.75) is 13.0 Å². The Kier molecular flexibility index (Phi) is 6.39. The number of benzene rings is 3. The molecule has 0 saturated carbocycles. The van der Waals surface area contributed by atoms with Crippen LogP contribution in [0.4, 0.5) is 16.2 Å². The minimum Gasteiger partial charge on any atom is -0.322 e. The van der Waals surface area contributed by atoms with Crippen molar-refractivity contribution < 1.29 is 9.59 Å². The SMILES string of the molecule is N#Cc1ccc(CN2CCCN(c3ccc(NC(=O)c4ccccc4Cl)cc3)C2=O)cc1. The Morgan fingerprint density at radius 3 is 2.41 bits per heavy atom. The number of nitrogens with one attached hydrogen (secondary N) is 1. The van der Waals surface area contributed by atoms with Gasteiger partial charge in [0.1, 0.15) is 0 Å². The Morgan fingerprint density at radius 1 is 1.00 bits per heavy atom. The van der Waals surface area contributed by atoms with Gasteiger partial charge in [0.15, 0.2) is 0 Å². The third-order valence-corrected chi connectivity index (χ3v) is 5.65. The van der Waals surface area contributed by atoms with Crippen LogP contribution in [0.15, 0.2) is 72.8 Å². The smallest absolute Gasteiger partial charge is 0.322 e. The largest absolute Gasteiger partial charge is 0.324 e. The average Bonchev–Trinajstić information content (AvgIpc) is 2.82. The van der Waals surface area contributed by atoms with E-state index >= 15 is 0 Å². The second kappa shape index (κ2) is 9.54. The van der Waals surface area contributed by atoms with Gasteiger partial charge in [0, 0.05) is 31.0 Å². The van der Waals surface area contributed by atoms with Crippen molar-refractivity contribution >= 4 is 34.9 Å². The minimum atomic E-state index is -0.286. The van der Waals surface area contributed by atoms with Crippen molar-refractivity contribution in [3.05, 3.63) is 94.5 Å². The summed E-state index contributed by atoms with van der Waals surface area (Å²) in [5.41, 5.74) is 3.38. The lowest BCUT2D eigenvalue weighted by molar-refractivity contribution is 0.102. The Morgan fingerprint density at radius 2 is 1.72 bits per heavy atom. The van der Waals surface area contributed by atoms with Crippen LogP contribution in [0, 0.1) is 11.3 Å². The van der Waals surface area contributed by atoms with Crippen molar-refractivity contribution in [2.24, 2.45) is 0 Å². The van der Waals surface area contributed by atoms with E-state index in [2.05, 4.69) is 11.4 Å². The zero-order valence-electron chi connectivity index (χ0n) is 17.3. The van der Waals surface area contributed by atoms with Crippen molar-refractivity contribution in [1.29, 1.82) is 5.26 Å². The highest BCUT2D eigenvalue weighted by atomic mass is 35.5. The third-order valence-electron chi connectivity index (χ3n) is 5.32. The van der Waals surface area contributed by atoms with Crippen LogP contribution in [0.1, 0.15) is 27.9 Å². The Hall–Kier alpha value is -3.82. The topological polar surface area (TPSA) is 76.4 Å². The van der Waals surface area contributed by atoms with Gasteiger partial charge in [-0.1, -0.05) is 35.9 Å². The molecule has 1 fully saturated rings. The zero-order chi connectivity index (χ0) is 22.5. The molecule has 0 unspecified atom stereocenters. The summed E-state index contributed by atoms with van der Waals surface area (Å²) in [7, 11) is 0. The predicted molar refractivity (Wildman–Crippen MR) is 125 cm³/mol. The first-order valence-electron chi connectivity index (χ1n) is 10.3. The van der Waals surface area contributed by atoms with Gasteiger partial charge in [0.25, 0.3) is 5.91 Å². The molecule has 0 aromatic heterocycles. The van der Waals surface area contributed by atoms with Crippen LogP contribution in [0.2, 0.25) is 5.02 Å². The summed E-state index contributed by atoms with van der Waals surface area (Å²) in [5.74, 6) is -0.286. The molecule has 160 valence electrons. The lowest BCUT2D eigenvalue weighted by atomic mass is 10.1. The third kappa shape index (κ3) is 4.74. The molecule has 0 bridgehead atoms. The first-order valence-corrected chi connectivity index (χ1v) is 10.6. The molecule has 1 N–H and O–H groups in total. The van der Waals surface area contributed by atoms with Crippen LogP contribution >= 0.6 is 11.6 Å². The summed E-state index contributed by atoms with van der Waals surface area (Å²) in [6.07, 6.45) is 0.854. The van der Waals surface area contributed by atoms with E-state index in [0.29, 0.717) is 41.5 Å². The first-order chi connectivity index (χ1) is 15.5. The molecular weight excluding hydrogens is 424 g/mol. The molecule has 3 amide bonds. The maximum absolute atomic E-state index is 13.1. The maximum atomic E-state index is 13.1. The fourth-order valence-electron chi connectivity index (χ4n) is 3.64. The van der Waals surface area contributed by atoms with Crippen molar-refractivity contribution in [3.63, 3.8) is 0 Å². The number of rotatable bonds is 5. The van der Waals surface area contributed by atoms with Gasteiger partial charge in [-0.2, -0.15) is 5.26 Å². The van der Waals surface area contributed by atoms with E-state index in [4.69, 9.17) is 16.9 Å². The predicted octanol–water partition coefficient (Wildman–Crippen LogP) is 5.30. The standard InChI is InChI=1S/C25H21ClN4O2/c26-23-5-2-1-4-22(23)24(31)28-20-10-12-21(13-11-20)30-15-3-14-29(25(30)32)17-19-8-6-18(16-27)7-9-19/h1-2,4-13H,3,14-15,17H2,(H,28,31). The zero-order valence-corrected chi connectivity index (χ0v) is 18.0. The quantitative estimate of drug-likeness (QED) is 0.580. The van der Waals surface area contributed by atoms with E-state index in [1.807, 2.05) is 24.3 Å². The second-order valence-electron chi connectivity index (χ2n) is 7.50. The van der Waals surface area contributed by atoms with Crippen LogP contribution < -0.4 is 10.2 Å². The summed E-state index contributed by atoms with van der Waals surface area (Å²) in [5, 5.41) is 12.2. The summed E-state index contributed by atoms with van der Waals surface area (Å²) in [6, 6.07) is 23.4. The van der Waals surface area contributed by atoms with Crippen molar-refractivity contribution in [2.75, 3.05) is 23.3 Å².